The number of amides is 5. The van der Waals surface area contributed by atoms with Crippen molar-refractivity contribution in [3.05, 3.63) is 29.3 Å². The Morgan fingerprint density at radius 1 is 1.09 bits per heavy atom. The van der Waals surface area contributed by atoms with Crippen molar-refractivity contribution in [1.82, 2.24) is 20.4 Å². The van der Waals surface area contributed by atoms with E-state index >= 15 is 0 Å². The predicted molar refractivity (Wildman–Crippen MR) is 117 cm³/mol. The molecule has 2 saturated heterocycles. The average molecular weight is 457 g/mol. The Hall–Kier alpha value is -3.31. The Morgan fingerprint density at radius 3 is 2.52 bits per heavy atom. The molecule has 0 spiro atoms. The molecule has 4 rings (SSSR count). The van der Waals surface area contributed by atoms with Crippen molar-refractivity contribution in [3.8, 4) is 0 Å². The minimum absolute atomic E-state index is 0.0498. The third-order valence-corrected chi connectivity index (χ3v) is 6.22. The minimum atomic E-state index is -0.965. The summed E-state index contributed by atoms with van der Waals surface area (Å²) in [6, 6.07) is 4.20. The van der Waals surface area contributed by atoms with Gasteiger partial charge in [0.15, 0.2) is 0 Å². The van der Waals surface area contributed by atoms with Gasteiger partial charge in [0.25, 0.3) is 11.8 Å². The smallest absolute Gasteiger partial charge is 0.262 e. The molecule has 3 heterocycles. The molecule has 33 heavy (non-hydrogen) atoms. The zero-order chi connectivity index (χ0) is 23.5. The Labute approximate surface area is 191 Å². The molecule has 0 aliphatic carbocycles. The summed E-state index contributed by atoms with van der Waals surface area (Å²) < 4.78 is 5.36. The van der Waals surface area contributed by atoms with Crippen molar-refractivity contribution in [1.29, 1.82) is 0 Å². The Morgan fingerprint density at radius 2 is 1.82 bits per heavy atom. The number of ether oxygens (including phenoxy) is 1. The second-order valence-corrected chi connectivity index (χ2v) is 8.23. The van der Waals surface area contributed by atoms with Gasteiger partial charge in [-0.25, -0.2) is 0 Å². The summed E-state index contributed by atoms with van der Waals surface area (Å²) in [6.07, 6.45) is 0.230. The predicted octanol–water partition coefficient (Wildman–Crippen LogP) is -1.03. The van der Waals surface area contributed by atoms with Crippen LogP contribution in [0.5, 0.6) is 0 Å². The summed E-state index contributed by atoms with van der Waals surface area (Å²) in [7, 11) is 1.57. The number of rotatable bonds is 7. The number of carbonyl (C=O) groups excluding carboxylic acids is 5. The van der Waals surface area contributed by atoms with E-state index in [2.05, 4.69) is 20.4 Å². The molecule has 0 bridgehead atoms. The number of anilines is 1. The molecular formula is C22H27N5O6. The number of nitrogens with one attached hydrogen (secondary N) is 2. The number of benzene rings is 1. The lowest BCUT2D eigenvalue weighted by Gasteiger charge is -2.36. The first kappa shape index (κ1) is 22.9. The van der Waals surface area contributed by atoms with E-state index in [0.29, 0.717) is 6.61 Å². The van der Waals surface area contributed by atoms with Gasteiger partial charge in [0.1, 0.15) is 12.6 Å². The monoisotopic (exact) mass is 457 g/mol. The molecule has 2 N–H and O–H groups in total. The molecule has 5 amide bonds. The number of fused-ring (bicyclic) bond motifs is 1. The van der Waals surface area contributed by atoms with Crippen molar-refractivity contribution >= 4 is 35.2 Å². The van der Waals surface area contributed by atoms with Crippen LogP contribution in [0.2, 0.25) is 0 Å². The lowest BCUT2D eigenvalue weighted by molar-refractivity contribution is -0.136. The number of likely N-dealkylation sites (N-methyl/N-ethyl adjacent to an activating group) is 1. The quantitative estimate of drug-likeness (QED) is 0.393. The topological polar surface area (TPSA) is 128 Å². The number of hydrogen-bond acceptors (Lipinski definition) is 8. The highest BCUT2D eigenvalue weighted by molar-refractivity contribution is 6.23. The van der Waals surface area contributed by atoms with Gasteiger partial charge >= 0.3 is 0 Å². The highest BCUT2D eigenvalue weighted by atomic mass is 16.5. The summed E-state index contributed by atoms with van der Waals surface area (Å²) >= 11 is 0. The number of carbonyl (C=O) groups is 5. The lowest BCUT2D eigenvalue weighted by atomic mass is 10.0. The van der Waals surface area contributed by atoms with Crippen LogP contribution in [0.3, 0.4) is 0 Å². The third kappa shape index (κ3) is 4.74. The maximum atomic E-state index is 13.0. The highest BCUT2D eigenvalue weighted by Gasteiger charge is 2.44. The Bertz CT molecular complexity index is 987. The van der Waals surface area contributed by atoms with E-state index < -0.39 is 29.7 Å². The van der Waals surface area contributed by atoms with Crippen molar-refractivity contribution < 1.29 is 28.7 Å². The van der Waals surface area contributed by atoms with Gasteiger partial charge in [0.05, 0.1) is 17.7 Å². The van der Waals surface area contributed by atoms with Gasteiger partial charge in [0.2, 0.25) is 17.7 Å². The maximum Gasteiger partial charge on any atom is 0.262 e. The molecular weight excluding hydrogens is 430 g/mol. The SMILES string of the molecule is CNC(=O)COCCN1CCN(c2ccc3c(c2)C(=O)N(C2CCC(=O)NC2=O)C3=O)CC1. The van der Waals surface area contributed by atoms with Gasteiger partial charge in [0, 0.05) is 51.9 Å². The molecule has 11 nitrogen and oxygen atoms in total. The first-order valence-electron chi connectivity index (χ1n) is 11.0. The summed E-state index contributed by atoms with van der Waals surface area (Å²) in [5.74, 6) is -2.17. The van der Waals surface area contributed by atoms with Gasteiger partial charge in [-0.05, 0) is 24.6 Å². The molecule has 0 radical (unpaired) electrons. The number of piperidine rings is 1. The van der Waals surface area contributed by atoms with Crippen LogP contribution in [0.15, 0.2) is 18.2 Å². The average Bonchev–Trinajstić information content (AvgIpc) is 3.06. The van der Waals surface area contributed by atoms with Crippen molar-refractivity contribution in [2.75, 3.05) is 57.9 Å². The summed E-state index contributed by atoms with van der Waals surface area (Å²) in [5, 5.41) is 4.71. The molecule has 3 aliphatic heterocycles. The second kappa shape index (κ2) is 9.67. The zero-order valence-electron chi connectivity index (χ0n) is 18.5. The second-order valence-electron chi connectivity index (χ2n) is 8.23. The first-order chi connectivity index (χ1) is 15.9. The lowest BCUT2D eigenvalue weighted by Crippen LogP contribution is -2.54. The van der Waals surface area contributed by atoms with Crippen LogP contribution in [0.1, 0.15) is 33.6 Å². The number of imide groups is 2. The van der Waals surface area contributed by atoms with E-state index in [1.54, 1.807) is 19.2 Å². The molecule has 1 unspecified atom stereocenters. The van der Waals surface area contributed by atoms with Crippen molar-refractivity contribution in [2.24, 2.45) is 0 Å². The Balaban J connectivity index is 1.35. The van der Waals surface area contributed by atoms with E-state index in [0.717, 1.165) is 43.3 Å². The molecule has 2 fully saturated rings. The van der Waals surface area contributed by atoms with Crippen LogP contribution in [0, 0.1) is 0 Å². The molecule has 176 valence electrons. The summed E-state index contributed by atoms with van der Waals surface area (Å²) in [4.78, 5) is 66.0. The fraction of sp³-hybridized carbons (Fsp3) is 0.500. The number of nitrogens with zero attached hydrogens (tertiary/aromatic N) is 3. The van der Waals surface area contributed by atoms with Crippen LogP contribution in [0.4, 0.5) is 5.69 Å². The van der Waals surface area contributed by atoms with Gasteiger partial charge in [-0.2, -0.15) is 0 Å². The standard InChI is InChI=1S/C22H27N5O6/c1-23-19(29)13-33-11-10-25-6-8-26(9-7-25)14-2-3-15-16(12-14)22(32)27(21(15)31)17-4-5-18(28)24-20(17)30/h2-3,12,17H,4-11,13H2,1H3,(H,23,29)(H,24,28,30). The van der Waals surface area contributed by atoms with Crippen LogP contribution in [0.25, 0.3) is 0 Å². The highest BCUT2D eigenvalue weighted by Crippen LogP contribution is 2.31. The van der Waals surface area contributed by atoms with Gasteiger partial charge in [-0.1, -0.05) is 0 Å². The van der Waals surface area contributed by atoms with Crippen LogP contribution < -0.4 is 15.5 Å². The first-order valence-corrected chi connectivity index (χ1v) is 11.0. The molecule has 0 aromatic heterocycles. The van der Waals surface area contributed by atoms with Gasteiger partial charge in [-0.15, -0.1) is 0 Å². The largest absolute Gasteiger partial charge is 0.370 e. The van der Waals surface area contributed by atoms with E-state index in [-0.39, 0.29) is 36.5 Å². The maximum absolute atomic E-state index is 13.0. The van der Waals surface area contributed by atoms with Gasteiger partial charge in [-0.3, -0.25) is 39.1 Å². The third-order valence-electron chi connectivity index (χ3n) is 6.22. The van der Waals surface area contributed by atoms with Crippen LogP contribution in [-0.2, 0) is 19.1 Å². The molecule has 1 aromatic carbocycles. The molecule has 0 saturated carbocycles. The van der Waals surface area contributed by atoms with Crippen LogP contribution >= 0.6 is 0 Å². The minimum Gasteiger partial charge on any atom is -0.370 e. The van der Waals surface area contributed by atoms with E-state index in [1.165, 1.54) is 0 Å². The van der Waals surface area contributed by atoms with E-state index in [9.17, 15) is 24.0 Å². The zero-order valence-corrected chi connectivity index (χ0v) is 18.5. The number of piperazine rings is 1. The van der Waals surface area contributed by atoms with E-state index in [1.807, 2.05) is 6.07 Å². The van der Waals surface area contributed by atoms with Gasteiger partial charge < -0.3 is 15.0 Å². The van der Waals surface area contributed by atoms with E-state index in [4.69, 9.17) is 4.74 Å². The molecule has 11 heteroatoms. The Kier molecular flexibility index (Phi) is 6.70. The van der Waals surface area contributed by atoms with Crippen molar-refractivity contribution in [3.63, 3.8) is 0 Å². The fourth-order valence-corrected chi connectivity index (χ4v) is 4.32. The summed E-state index contributed by atoms with van der Waals surface area (Å²) in [6.45, 7) is 4.34. The van der Waals surface area contributed by atoms with Crippen LogP contribution in [-0.4, -0.2) is 98.4 Å². The summed E-state index contributed by atoms with van der Waals surface area (Å²) in [5.41, 5.74) is 1.41. The number of hydrogen-bond donors (Lipinski definition) is 2. The molecule has 3 aliphatic rings. The fourth-order valence-electron chi connectivity index (χ4n) is 4.32. The normalized spacial score (nSPS) is 21.3. The molecule has 1 aromatic rings. The molecule has 1 atom stereocenters. The van der Waals surface area contributed by atoms with Crippen molar-refractivity contribution in [2.45, 2.75) is 18.9 Å².